The number of hydrogen-bond donors (Lipinski definition) is 2. The maximum atomic E-state index is 11.3. The van der Waals surface area contributed by atoms with Gasteiger partial charge in [-0.2, -0.15) is 0 Å². The molecule has 0 fully saturated rings. The molecule has 0 saturated heterocycles. The van der Waals surface area contributed by atoms with Crippen molar-refractivity contribution in [2.45, 2.75) is 19.4 Å². The lowest BCUT2D eigenvalue weighted by Crippen LogP contribution is -2.33. The van der Waals surface area contributed by atoms with E-state index < -0.39 is 15.9 Å². The Balaban J connectivity index is 3.54. The fourth-order valence-corrected chi connectivity index (χ4v) is 2.44. The molecule has 0 saturated carbocycles. The van der Waals surface area contributed by atoms with Crippen LogP contribution in [0, 0.1) is 0 Å². The zero-order valence-electron chi connectivity index (χ0n) is 9.40. The fourth-order valence-electron chi connectivity index (χ4n) is 1.16. The SMILES string of the molecule is CCCS(=O)(=O)CCNCC(O)COC. The molecule has 1 atom stereocenters. The zero-order chi connectivity index (χ0) is 11.7. The number of hydrogen-bond acceptors (Lipinski definition) is 5. The van der Waals surface area contributed by atoms with E-state index in [9.17, 15) is 13.5 Å². The molecule has 15 heavy (non-hydrogen) atoms. The van der Waals surface area contributed by atoms with Gasteiger partial charge in [0.15, 0.2) is 9.84 Å². The topological polar surface area (TPSA) is 75.6 Å². The molecule has 5 nitrogen and oxygen atoms in total. The van der Waals surface area contributed by atoms with Crippen molar-refractivity contribution >= 4 is 9.84 Å². The Hall–Kier alpha value is -0.170. The molecular formula is C9H21NO4S. The Morgan fingerprint density at radius 3 is 2.60 bits per heavy atom. The van der Waals surface area contributed by atoms with Crippen LogP contribution in [-0.4, -0.2) is 57.9 Å². The number of aliphatic hydroxyl groups is 1. The van der Waals surface area contributed by atoms with Crippen molar-refractivity contribution in [3.8, 4) is 0 Å². The van der Waals surface area contributed by atoms with Crippen LogP contribution in [0.1, 0.15) is 13.3 Å². The molecule has 1 unspecified atom stereocenters. The zero-order valence-corrected chi connectivity index (χ0v) is 10.2. The summed E-state index contributed by atoms with van der Waals surface area (Å²) in [6.45, 7) is 2.83. The van der Waals surface area contributed by atoms with E-state index in [1.54, 1.807) is 0 Å². The predicted molar refractivity (Wildman–Crippen MR) is 59.7 cm³/mol. The highest BCUT2D eigenvalue weighted by atomic mass is 32.2. The van der Waals surface area contributed by atoms with Gasteiger partial charge >= 0.3 is 0 Å². The smallest absolute Gasteiger partial charge is 0.151 e. The van der Waals surface area contributed by atoms with Crippen LogP contribution in [-0.2, 0) is 14.6 Å². The second-order valence-electron chi connectivity index (χ2n) is 3.47. The minimum Gasteiger partial charge on any atom is -0.389 e. The van der Waals surface area contributed by atoms with Crippen molar-refractivity contribution in [2.75, 3.05) is 38.3 Å². The van der Waals surface area contributed by atoms with Crippen LogP contribution in [0.15, 0.2) is 0 Å². The van der Waals surface area contributed by atoms with Crippen molar-refractivity contribution in [3.63, 3.8) is 0 Å². The van der Waals surface area contributed by atoms with Crippen molar-refractivity contribution in [3.05, 3.63) is 0 Å². The van der Waals surface area contributed by atoms with Crippen LogP contribution in [0.4, 0.5) is 0 Å². The Labute approximate surface area is 91.7 Å². The van der Waals surface area contributed by atoms with Crippen molar-refractivity contribution in [1.29, 1.82) is 0 Å². The summed E-state index contributed by atoms with van der Waals surface area (Å²) in [5.74, 6) is 0.357. The summed E-state index contributed by atoms with van der Waals surface area (Å²) in [5.41, 5.74) is 0. The Morgan fingerprint density at radius 2 is 2.07 bits per heavy atom. The number of methoxy groups -OCH3 is 1. The molecule has 0 aromatic heterocycles. The van der Waals surface area contributed by atoms with Crippen LogP contribution < -0.4 is 5.32 Å². The van der Waals surface area contributed by atoms with Crippen molar-refractivity contribution in [1.82, 2.24) is 5.32 Å². The Bertz CT molecular complexity index is 240. The van der Waals surface area contributed by atoms with E-state index in [1.165, 1.54) is 7.11 Å². The highest BCUT2D eigenvalue weighted by Gasteiger charge is 2.09. The van der Waals surface area contributed by atoms with Gasteiger partial charge in [-0.1, -0.05) is 6.92 Å². The number of sulfone groups is 1. The summed E-state index contributed by atoms with van der Waals surface area (Å²) in [5, 5.41) is 12.1. The summed E-state index contributed by atoms with van der Waals surface area (Å²) < 4.78 is 27.3. The molecule has 0 aliphatic rings. The number of rotatable bonds is 9. The fraction of sp³-hybridized carbons (Fsp3) is 1.00. The molecule has 0 aliphatic carbocycles. The van der Waals surface area contributed by atoms with E-state index in [2.05, 4.69) is 5.32 Å². The van der Waals surface area contributed by atoms with Crippen LogP contribution >= 0.6 is 0 Å². The van der Waals surface area contributed by atoms with Crippen molar-refractivity contribution in [2.24, 2.45) is 0 Å². The highest BCUT2D eigenvalue weighted by Crippen LogP contribution is 1.92. The molecule has 0 aromatic carbocycles. The van der Waals surface area contributed by atoms with Gasteiger partial charge in [-0.15, -0.1) is 0 Å². The average molecular weight is 239 g/mol. The van der Waals surface area contributed by atoms with Gasteiger partial charge in [0.25, 0.3) is 0 Å². The van der Waals surface area contributed by atoms with Gasteiger partial charge in [0.1, 0.15) is 0 Å². The van der Waals surface area contributed by atoms with E-state index in [1.807, 2.05) is 6.92 Å². The van der Waals surface area contributed by atoms with Gasteiger partial charge in [-0.25, -0.2) is 8.42 Å². The van der Waals surface area contributed by atoms with Crippen LogP contribution in [0.25, 0.3) is 0 Å². The molecular weight excluding hydrogens is 218 g/mol. The van der Waals surface area contributed by atoms with E-state index >= 15 is 0 Å². The lowest BCUT2D eigenvalue weighted by Gasteiger charge is -2.10. The summed E-state index contributed by atoms with van der Waals surface area (Å²) in [4.78, 5) is 0. The molecule has 0 rings (SSSR count). The summed E-state index contributed by atoms with van der Waals surface area (Å²) in [6, 6.07) is 0. The molecule has 0 aromatic rings. The van der Waals surface area contributed by atoms with Crippen LogP contribution in [0.3, 0.4) is 0 Å². The molecule has 0 amide bonds. The Kier molecular flexibility index (Phi) is 7.95. The largest absolute Gasteiger partial charge is 0.389 e. The lowest BCUT2D eigenvalue weighted by molar-refractivity contribution is 0.0650. The summed E-state index contributed by atoms with van der Waals surface area (Å²) >= 11 is 0. The molecule has 0 heterocycles. The molecule has 0 spiro atoms. The number of ether oxygens (including phenoxy) is 1. The number of nitrogens with one attached hydrogen (secondary N) is 1. The predicted octanol–water partition coefficient (Wildman–Crippen LogP) is -0.592. The van der Waals surface area contributed by atoms with Crippen molar-refractivity contribution < 1.29 is 18.3 Å². The second-order valence-corrected chi connectivity index (χ2v) is 5.77. The Morgan fingerprint density at radius 1 is 1.40 bits per heavy atom. The summed E-state index contributed by atoms with van der Waals surface area (Å²) in [7, 11) is -1.41. The van der Waals surface area contributed by atoms with Gasteiger partial charge < -0.3 is 15.2 Å². The minimum absolute atomic E-state index is 0.126. The molecule has 2 N–H and O–H groups in total. The van der Waals surface area contributed by atoms with Crippen LogP contribution in [0.5, 0.6) is 0 Å². The van der Waals surface area contributed by atoms with E-state index in [0.717, 1.165) is 0 Å². The average Bonchev–Trinajstić information content (AvgIpc) is 2.13. The maximum Gasteiger partial charge on any atom is 0.151 e. The normalized spacial score (nSPS) is 14.1. The quantitative estimate of drug-likeness (QED) is 0.526. The first kappa shape index (κ1) is 14.8. The van der Waals surface area contributed by atoms with Gasteiger partial charge in [0, 0.05) is 26.0 Å². The van der Waals surface area contributed by atoms with Gasteiger partial charge in [0.2, 0.25) is 0 Å². The molecule has 0 bridgehead atoms. The first-order valence-electron chi connectivity index (χ1n) is 5.10. The minimum atomic E-state index is -2.92. The van der Waals surface area contributed by atoms with Gasteiger partial charge in [0.05, 0.1) is 18.5 Å². The third kappa shape index (κ3) is 8.80. The molecule has 92 valence electrons. The molecule has 6 heteroatoms. The first-order chi connectivity index (χ1) is 7.02. The van der Waals surface area contributed by atoms with E-state index in [4.69, 9.17) is 4.74 Å². The maximum absolute atomic E-state index is 11.3. The third-order valence-electron chi connectivity index (χ3n) is 1.84. The van der Waals surface area contributed by atoms with E-state index in [-0.39, 0.29) is 18.1 Å². The standard InChI is InChI=1S/C9H21NO4S/c1-3-5-15(12,13)6-4-10-7-9(11)8-14-2/h9-11H,3-8H2,1-2H3. The van der Waals surface area contributed by atoms with Gasteiger partial charge in [-0.05, 0) is 6.42 Å². The molecule has 0 aliphatic heterocycles. The second kappa shape index (κ2) is 8.04. The van der Waals surface area contributed by atoms with Crippen LogP contribution in [0.2, 0.25) is 0 Å². The van der Waals surface area contributed by atoms with E-state index in [0.29, 0.717) is 19.5 Å². The third-order valence-corrected chi connectivity index (χ3v) is 3.70. The summed E-state index contributed by atoms with van der Waals surface area (Å²) in [6.07, 6.45) is 0.0677. The van der Waals surface area contributed by atoms with Gasteiger partial charge in [-0.3, -0.25) is 0 Å². The first-order valence-corrected chi connectivity index (χ1v) is 6.92. The monoisotopic (exact) mass is 239 g/mol. The lowest BCUT2D eigenvalue weighted by atomic mass is 10.4. The number of aliphatic hydroxyl groups excluding tert-OH is 1. The highest BCUT2D eigenvalue weighted by molar-refractivity contribution is 7.91. The molecule has 0 radical (unpaired) electrons.